The molecule has 0 aromatic heterocycles. The Labute approximate surface area is 137 Å². The maximum absolute atomic E-state index is 11.7. The number of hydrogen-bond acceptors (Lipinski definition) is 3. The van der Waals surface area contributed by atoms with Crippen LogP contribution in [-0.4, -0.2) is 29.7 Å². The topological polar surface area (TPSA) is 38.8 Å². The van der Waals surface area contributed by atoms with Gasteiger partial charge in [0.2, 0.25) is 0 Å². The number of carbonyl (C=O) groups excluding carboxylic acids is 1. The van der Waals surface area contributed by atoms with Crippen LogP contribution >= 0.6 is 0 Å². The molecule has 0 radical (unpaired) electrons. The van der Waals surface area contributed by atoms with Crippen LogP contribution in [0.15, 0.2) is 42.1 Å². The lowest BCUT2D eigenvalue weighted by molar-refractivity contribution is -0.193. The summed E-state index contributed by atoms with van der Waals surface area (Å²) in [5.74, 6) is 0. The average Bonchev–Trinajstić information content (AvgIpc) is 2.96. The molecule has 3 saturated heterocycles. The molecule has 4 nitrogen and oxygen atoms in total. The molecule has 1 aromatic rings. The maximum atomic E-state index is 11.7. The van der Waals surface area contributed by atoms with Crippen molar-refractivity contribution in [1.82, 2.24) is 4.90 Å². The van der Waals surface area contributed by atoms with Crippen LogP contribution in [0, 0.1) is 0 Å². The second-order valence-electron chi connectivity index (χ2n) is 7.01. The van der Waals surface area contributed by atoms with Gasteiger partial charge in [-0.1, -0.05) is 30.3 Å². The Hall–Kier alpha value is -1.81. The van der Waals surface area contributed by atoms with E-state index in [9.17, 15) is 4.79 Å². The van der Waals surface area contributed by atoms with Gasteiger partial charge in [-0.15, -0.1) is 0 Å². The first kappa shape index (κ1) is 14.8. The number of amides is 1. The highest BCUT2D eigenvalue weighted by Gasteiger charge is 2.49. The summed E-state index contributed by atoms with van der Waals surface area (Å²) in [6.45, 7) is 3.30. The minimum atomic E-state index is -0.283. The molecule has 1 amide bonds. The number of ether oxygens (including phenoxy) is 2. The van der Waals surface area contributed by atoms with Crippen LogP contribution in [0.4, 0.5) is 4.79 Å². The average molecular weight is 313 g/mol. The van der Waals surface area contributed by atoms with Crippen molar-refractivity contribution in [3.8, 4) is 0 Å². The van der Waals surface area contributed by atoms with E-state index in [2.05, 4.69) is 37.3 Å². The summed E-state index contributed by atoms with van der Waals surface area (Å²) in [6.07, 6.45) is 6.91. The van der Waals surface area contributed by atoms with Gasteiger partial charge in [0, 0.05) is 6.20 Å². The SMILES string of the molecule is C[C@]12CCC[C@](c3ccccc3)(CC/C1=C/N1CCOC1=O)O2. The van der Waals surface area contributed by atoms with Crippen LogP contribution in [0.3, 0.4) is 0 Å². The van der Waals surface area contributed by atoms with Gasteiger partial charge in [-0.3, -0.25) is 4.90 Å². The molecule has 23 heavy (non-hydrogen) atoms. The smallest absolute Gasteiger partial charge is 0.413 e. The molecule has 122 valence electrons. The largest absolute Gasteiger partial charge is 0.447 e. The van der Waals surface area contributed by atoms with Crippen molar-refractivity contribution in [2.75, 3.05) is 13.2 Å². The van der Waals surface area contributed by atoms with Gasteiger partial charge in [0.25, 0.3) is 0 Å². The van der Waals surface area contributed by atoms with Gasteiger partial charge in [-0.2, -0.15) is 0 Å². The molecular formula is C19H23NO3. The van der Waals surface area contributed by atoms with Gasteiger partial charge in [-0.25, -0.2) is 4.79 Å². The Morgan fingerprint density at radius 2 is 2.00 bits per heavy atom. The van der Waals surface area contributed by atoms with E-state index in [1.54, 1.807) is 4.90 Å². The zero-order valence-corrected chi connectivity index (χ0v) is 13.6. The van der Waals surface area contributed by atoms with E-state index >= 15 is 0 Å². The summed E-state index contributed by atoms with van der Waals surface area (Å²) < 4.78 is 11.7. The first-order chi connectivity index (χ1) is 11.1. The second-order valence-corrected chi connectivity index (χ2v) is 7.01. The lowest BCUT2D eigenvalue weighted by Gasteiger charge is -2.52. The number of benzene rings is 1. The van der Waals surface area contributed by atoms with Gasteiger partial charge in [0.15, 0.2) is 0 Å². The molecule has 2 bridgehead atoms. The predicted molar refractivity (Wildman–Crippen MR) is 86.8 cm³/mol. The first-order valence-corrected chi connectivity index (χ1v) is 8.52. The molecule has 0 N–H and O–H groups in total. The number of rotatable bonds is 2. The summed E-state index contributed by atoms with van der Waals surface area (Å²) in [5.41, 5.74) is 2.06. The van der Waals surface area contributed by atoms with E-state index in [1.807, 2.05) is 6.20 Å². The Morgan fingerprint density at radius 1 is 1.17 bits per heavy atom. The highest BCUT2D eigenvalue weighted by molar-refractivity contribution is 5.70. The Balaban J connectivity index is 1.64. The fourth-order valence-corrected chi connectivity index (χ4v) is 4.25. The molecule has 0 aliphatic carbocycles. The number of hydrogen-bond donors (Lipinski definition) is 0. The molecule has 3 aliphatic rings. The van der Waals surface area contributed by atoms with Crippen LogP contribution in [0.2, 0.25) is 0 Å². The van der Waals surface area contributed by atoms with Crippen molar-refractivity contribution >= 4 is 6.09 Å². The van der Waals surface area contributed by atoms with Crippen molar-refractivity contribution in [3.63, 3.8) is 0 Å². The van der Waals surface area contributed by atoms with E-state index in [0.717, 1.165) is 32.1 Å². The van der Waals surface area contributed by atoms with Crippen LogP contribution in [0.5, 0.6) is 0 Å². The van der Waals surface area contributed by atoms with E-state index in [1.165, 1.54) is 11.1 Å². The molecule has 4 rings (SSSR count). The zero-order valence-electron chi connectivity index (χ0n) is 13.6. The molecule has 2 atom stereocenters. The third-order valence-corrected chi connectivity index (χ3v) is 5.54. The Bertz CT molecular complexity index is 641. The van der Waals surface area contributed by atoms with Crippen LogP contribution in [0.1, 0.15) is 44.6 Å². The zero-order chi connectivity index (χ0) is 15.9. The number of cyclic esters (lactones) is 1. The van der Waals surface area contributed by atoms with Gasteiger partial charge in [-0.05, 0) is 50.2 Å². The summed E-state index contributed by atoms with van der Waals surface area (Å²) in [7, 11) is 0. The van der Waals surface area contributed by atoms with Crippen molar-refractivity contribution in [2.45, 2.75) is 50.2 Å². The van der Waals surface area contributed by atoms with E-state index in [-0.39, 0.29) is 17.3 Å². The Morgan fingerprint density at radius 3 is 2.74 bits per heavy atom. The predicted octanol–water partition coefficient (Wildman–Crippen LogP) is 3.97. The molecule has 0 unspecified atom stereocenters. The first-order valence-electron chi connectivity index (χ1n) is 8.52. The Kier molecular flexibility index (Phi) is 3.45. The maximum Gasteiger partial charge on any atom is 0.413 e. The van der Waals surface area contributed by atoms with Crippen LogP contribution < -0.4 is 0 Å². The third-order valence-electron chi connectivity index (χ3n) is 5.54. The standard InChI is InChI=1S/C19H23NO3/c1-18-9-5-10-19(23-18,15-6-3-2-4-7-15)11-8-16(18)14-20-12-13-22-17(20)21/h2-4,6-7,14H,5,8-13H2,1H3/b16-14-/t18-,19+/m0/s1. The lowest BCUT2D eigenvalue weighted by Crippen LogP contribution is -2.50. The molecule has 3 aliphatic heterocycles. The number of fused-ring (bicyclic) bond motifs is 2. The molecule has 3 fully saturated rings. The molecule has 4 heteroatoms. The van der Waals surface area contributed by atoms with E-state index < -0.39 is 0 Å². The minimum absolute atomic E-state index is 0.170. The fraction of sp³-hybridized carbons (Fsp3) is 0.526. The molecule has 3 heterocycles. The van der Waals surface area contributed by atoms with E-state index in [4.69, 9.17) is 9.47 Å². The van der Waals surface area contributed by atoms with E-state index in [0.29, 0.717) is 13.2 Å². The van der Waals surface area contributed by atoms with Crippen LogP contribution in [-0.2, 0) is 15.1 Å². The van der Waals surface area contributed by atoms with Gasteiger partial charge >= 0.3 is 6.09 Å². The van der Waals surface area contributed by atoms with Crippen LogP contribution in [0.25, 0.3) is 0 Å². The second kappa shape index (κ2) is 5.38. The summed E-state index contributed by atoms with van der Waals surface area (Å²) >= 11 is 0. The highest BCUT2D eigenvalue weighted by Crippen LogP contribution is 2.53. The molecular weight excluding hydrogens is 290 g/mol. The monoisotopic (exact) mass is 313 g/mol. The number of carbonyl (C=O) groups is 1. The summed E-state index contributed by atoms with van der Waals surface area (Å²) in [5, 5.41) is 0. The highest BCUT2D eigenvalue weighted by atomic mass is 16.6. The normalized spacial score (nSPS) is 35.4. The summed E-state index contributed by atoms with van der Waals surface area (Å²) in [4.78, 5) is 13.4. The van der Waals surface area contributed by atoms with Gasteiger partial charge < -0.3 is 9.47 Å². The molecule has 0 saturated carbocycles. The van der Waals surface area contributed by atoms with Crippen molar-refractivity contribution in [1.29, 1.82) is 0 Å². The quantitative estimate of drug-likeness (QED) is 0.829. The van der Waals surface area contributed by atoms with Gasteiger partial charge in [0.05, 0.1) is 17.7 Å². The minimum Gasteiger partial charge on any atom is -0.447 e. The molecule has 0 spiro atoms. The molecule has 1 aromatic carbocycles. The van der Waals surface area contributed by atoms with Crippen molar-refractivity contribution in [3.05, 3.63) is 47.7 Å². The van der Waals surface area contributed by atoms with Gasteiger partial charge in [0.1, 0.15) is 6.61 Å². The van der Waals surface area contributed by atoms with Crippen molar-refractivity contribution < 1.29 is 14.3 Å². The summed E-state index contributed by atoms with van der Waals surface area (Å²) in [6, 6.07) is 10.6. The van der Waals surface area contributed by atoms with Crippen molar-refractivity contribution in [2.24, 2.45) is 0 Å². The lowest BCUT2D eigenvalue weighted by atomic mass is 9.71. The fourth-order valence-electron chi connectivity index (χ4n) is 4.25. The third kappa shape index (κ3) is 2.45. The number of nitrogens with zero attached hydrogens (tertiary/aromatic N) is 1.